The standard InChI is InChI=1S/C28H32N6/c1-26(2)10-11-28(5,12-13-29-18-26)27(3,4)34-16-22-24(17-34)31-19-32-25(22)33-21-14-20-8-6-7-9-23(20)30-15-21/h6-15,18-19H,16-17H2,1-5H3,(H,31,32,33). The van der Waals surface area contributed by atoms with Gasteiger partial charge in [-0.1, -0.05) is 57.2 Å². The Morgan fingerprint density at radius 2 is 1.79 bits per heavy atom. The highest BCUT2D eigenvalue weighted by molar-refractivity contribution is 5.82. The van der Waals surface area contributed by atoms with Gasteiger partial charge in [-0.05, 0) is 26.0 Å². The molecule has 1 atom stereocenters. The number of hydrogen-bond acceptors (Lipinski definition) is 6. The summed E-state index contributed by atoms with van der Waals surface area (Å²) < 4.78 is 0. The molecule has 0 fully saturated rings. The molecule has 0 aliphatic carbocycles. The van der Waals surface area contributed by atoms with E-state index < -0.39 is 0 Å². The summed E-state index contributed by atoms with van der Waals surface area (Å²) in [6.07, 6.45) is 14.3. The third kappa shape index (κ3) is 4.03. The number of allylic oxidation sites excluding steroid dienone is 1. The molecule has 1 unspecified atom stereocenters. The molecule has 2 aliphatic heterocycles. The monoisotopic (exact) mass is 452 g/mol. The summed E-state index contributed by atoms with van der Waals surface area (Å²) >= 11 is 0. The summed E-state index contributed by atoms with van der Waals surface area (Å²) in [5.41, 5.74) is 3.67. The Labute approximate surface area is 201 Å². The van der Waals surface area contributed by atoms with E-state index in [1.54, 1.807) is 6.33 Å². The number of aliphatic imine (C=N–C) groups is 1. The third-order valence-electron chi connectivity index (χ3n) is 7.46. The number of hydrogen-bond donors (Lipinski definition) is 1. The van der Waals surface area contributed by atoms with Crippen LogP contribution in [0, 0.1) is 10.8 Å². The summed E-state index contributed by atoms with van der Waals surface area (Å²) in [6, 6.07) is 10.2. The molecule has 34 heavy (non-hydrogen) atoms. The first-order valence-corrected chi connectivity index (χ1v) is 11.8. The number of nitrogens with one attached hydrogen (secondary N) is 1. The number of pyridine rings is 1. The van der Waals surface area contributed by atoms with Gasteiger partial charge in [0.25, 0.3) is 0 Å². The zero-order chi connectivity index (χ0) is 24.0. The lowest BCUT2D eigenvalue weighted by Gasteiger charge is -2.47. The zero-order valence-electron chi connectivity index (χ0n) is 20.6. The van der Waals surface area contributed by atoms with Crippen LogP contribution in [-0.4, -0.2) is 31.6 Å². The first kappa shape index (κ1) is 22.4. The molecule has 0 radical (unpaired) electrons. The van der Waals surface area contributed by atoms with E-state index in [1.165, 1.54) is 0 Å². The topological polar surface area (TPSA) is 66.3 Å². The number of para-hydroxylation sites is 1. The molecule has 1 N–H and O–H groups in total. The summed E-state index contributed by atoms with van der Waals surface area (Å²) in [7, 11) is 0. The summed E-state index contributed by atoms with van der Waals surface area (Å²) in [5.74, 6) is 0.847. The van der Waals surface area contributed by atoms with Crippen molar-refractivity contribution in [3.8, 4) is 0 Å². The van der Waals surface area contributed by atoms with Gasteiger partial charge in [-0.3, -0.25) is 14.9 Å². The number of benzene rings is 1. The molecule has 0 spiro atoms. The van der Waals surface area contributed by atoms with Gasteiger partial charge in [-0.25, -0.2) is 9.97 Å². The minimum Gasteiger partial charge on any atom is -0.339 e. The second kappa shape index (κ2) is 8.13. The summed E-state index contributed by atoms with van der Waals surface area (Å²) in [6.45, 7) is 12.8. The predicted molar refractivity (Wildman–Crippen MR) is 139 cm³/mol. The van der Waals surface area contributed by atoms with Crippen molar-refractivity contribution in [2.75, 3.05) is 5.32 Å². The fourth-order valence-electron chi connectivity index (χ4n) is 4.63. The summed E-state index contributed by atoms with van der Waals surface area (Å²) in [5, 5.41) is 4.60. The number of aromatic nitrogens is 3. The van der Waals surface area contributed by atoms with Crippen LogP contribution in [0.4, 0.5) is 11.5 Å². The Hall–Kier alpha value is -3.38. The van der Waals surface area contributed by atoms with Gasteiger partial charge in [0.2, 0.25) is 0 Å². The van der Waals surface area contributed by atoms with Crippen LogP contribution in [0.5, 0.6) is 0 Å². The Morgan fingerprint density at radius 1 is 0.971 bits per heavy atom. The predicted octanol–water partition coefficient (Wildman–Crippen LogP) is 6.05. The largest absolute Gasteiger partial charge is 0.339 e. The second-order valence-corrected chi connectivity index (χ2v) is 10.6. The lowest BCUT2D eigenvalue weighted by Crippen LogP contribution is -2.51. The fraction of sp³-hybridized carbons (Fsp3) is 0.357. The molecule has 0 bridgehead atoms. The van der Waals surface area contributed by atoms with Crippen LogP contribution in [0.1, 0.15) is 45.9 Å². The van der Waals surface area contributed by atoms with Crippen LogP contribution in [0.25, 0.3) is 10.9 Å². The van der Waals surface area contributed by atoms with Crippen LogP contribution in [0.15, 0.2) is 72.3 Å². The van der Waals surface area contributed by atoms with Crippen LogP contribution < -0.4 is 5.32 Å². The Balaban J connectivity index is 1.43. The molecule has 5 rings (SSSR count). The number of nitrogens with zero attached hydrogens (tertiary/aromatic N) is 5. The summed E-state index contributed by atoms with van der Waals surface area (Å²) in [4.78, 5) is 20.8. The second-order valence-electron chi connectivity index (χ2n) is 10.6. The molecule has 2 aliphatic rings. The van der Waals surface area contributed by atoms with Crippen molar-refractivity contribution in [3.63, 3.8) is 0 Å². The first-order chi connectivity index (χ1) is 16.2. The lowest BCUT2D eigenvalue weighted by molar-refractivity contribution is 0.0491. The minimum atomic E-state index is -0.201. The molecule has 174 valence electrons. The van der Waals surface area contributed by atoms with Gasteiger partial charge in [0.15, 0.2) is 0 Å². The maximum absolute atomic E-state index is 4.63. The highest BCUT2D eigenvalue weighted by Crippen LogP contribution is 2.44. The van der Waals surface area contributed by atoms with E-state index in [0.29, 0.717) is 0 Å². The van der Waals surface area contributed by atoms with Crippen molar-refractivity contribution < 1.29 is 0 Å². The van der Waals surface area contributed by atoms with E-state index in [1.807, 2.05) is 36.8 Å². The third-order valence-corrected chi connectivity index (χ3v) is 7.46. The molecular formula is C28H32N6. The van der Waals surface area contributed by atoms with E-state index in [4.69, 9.17) is 0 Å². The van der Waals surface area contributed by atoms with Gasteiger partial charge in [0.1, 0.15) is 12.1 Å². The fourth-order valence-corrected chi connectivity index (χ4v) is 4.63. The van der Waals surface area contributed by atoms with Crippen molar-refractivity contribution in [1.82, 2.24) is 19.9 Å². The average molecular weight is 453 g/mol. The van der Waals surface area contributed by atoms with Crippen LogP contribution in [-0.2, 0) is 13.1 Å². The first-order valence-electron chi connectivity index (χ1n) is 11.8. The van der Waals surface area contributed by atoms with E-state index in [2.05, 4.69) is 95.1 Å². The Morgan fingerprint density at radius 3 is 2.65 bits per heavy atom. The van der Waals surface area contributed by atoms with Crippen molar-refractivity contribution >= 4 is 28.6 Å². The molecule has 6 nitrogen and oxygen atoms in total. The molecule has 1 aromatic carbocycles. The molecule has 4 heterocycles. The average Bonchev–Trinajstić information content (AvgIpc) is 3.26. The zero-order valence-corrected chi connectivity index (χ0v) is 20.6. The molecule has 0 saturated heterocycles. The number of anilines is 2. The Bertz CT molecular complexity index is 1320. The Kier molecular flexibility index (Phi) is 5.36. The molecule has 0 amide bonds. The van der Waals surface area contributed by atoms with Gasteiger partial charge in [0, 0.05) is 52.8 Å². The van der Waals surface area contributed by atoms with E-state index in [-0.39, 0.29) is 16.4 Å². The van der Waals surface area contributed by atoms with Gasteiger partial charge < -0.3 is 5.32 Å². The van der Waals surface area contributed by atoms with Crippen molar-refractivity contribution in [3.05, 3.63) is 78.5 Å². The maximum Gasteiger partial charge on any atom is 0.138 e. The number of rotatable bonds is 4. The number of fused-ring (bicyclic) bond motifs is 2. The van der Waals surface area contributed by atoms with Crippen molar-refractivity contribution in [2.45, 2.75) is 53.2 Å². The maximum atomic E-state index is 4.63. The molecule has 6 heteroatoms. The van der Waals surface area contributed by atoms with Crippen LogP contribution in [0.3, 0.4) is 0 Å². The van der Waals surface area contributed by atoms with Gasteiger partial charge >= 0.3 is 0 Å². The SMILES string of the molecule is CC1(C)C=CC(C)(C(C)(C)N2Cc3ncnc(Nc4cnc5ccccc5c4)c3C2)C=CN=C1. The van der Waals surface area contributed by atoms with Crippen LogP contribution >= 0.6 is 0 Å². The highest BCUT2D eigenvalue weighted by Gasteiger charge is 2.45. The van der Waals surface area contributed by atoms with Gasteiger partial charge in [-0.2, -0.15) is 0 Å². The normalized spacial score (nSPS) is 21.9. The molecular weight excluding hydrogens is 420 g/mol. The molecule has 2 aromatic heterocycles. The van der Waals surface area contributed by atoms with Crippen LogP contribution in [0.2, 0.25) is 0 Å². The highest BCUT2D eigenvalue weighted by atomic mass is 15.2. The lowest BCUT2D eigenvalue weighted by atomic mass is 9.70. The molecule has 0 saturated carbocycles. The van der Waals surface area contributed by atoms with E-state index in [9.17, 15) is 0 Å². The molecule has 3 aromatic rings. The van der Waals surface area contributed by atoms with Crippen molar-refractivity contribution in [2.24, 2.45) is 15.8 Å². The van der Waals surface area contributed by atoms with Crippen molar-refractivity contribution in [1.29, 1.82) is 0 Å². The minimum absolute atomic E-state index is 0.0769. The van der Waals surface area contributed by atoms with Gasteiger partial charge in [0.05, 0.1) is 23.1 Å². The van der Waals surface area contributed by atoms with E-state index >= 15 is 0 Å². The van der Waals surface area contributed by atoms with Gasteiger partial charge in [-0.15, -0.1) is 0 Å². The quantitative estimate of drug-likeness (QED) is 0.488. The van der Waals surface area contributed by atoms with E-state index in [0.717, 1.165) is 46.8 Å². The smallest absolute Gasteiger partial charge is 0.138 e.